The maximum atomic E-state index is 12.0. The van der Waals surface area contributed by atoms with Crippen molar-refractivity contribution < 1.29 is 18.3 Å². The van der Waals surface area contributed by atoms with E-state index in [0.29, 0.717) is 18.7 Å². The van der Waals surface area contributed by atoms with Crippen LogP contribution in [0.15, 0.2) is 18.2 Å². The molecule has 23 heavy (non-hydrogen) atoms. The second kappa shape index (κ2) is 7.37. The van der Waals surface area contributed by atoms with E-state index in [2.05, 4.69) is 5.32 Å². The van der Waals surface area contributed by atoms with Crippen molar-refractivity contribution in [3.8, 4) is 5.75 Å². The van der Waals surface area contributed by atoms with E-state index in [0.717, 1.165) is 0 Å². The van der Waals surface area contributed by atoms with E-state index >= 15 is 0 Å². The van der Waals surface area contributed by atoms with Gasteiger partial charge in [0.05, 0.1) is 23.2 Å². The second-order valence-electron chi connectivity index (χ2n) is 5.70. The van der Waals surface area contributed by atoms with Crippen molar-refractivity contribution in [3.05, 3.63) is 18.2 Å². The number of aromatic hydroxyl groups is 1. The minimum atomic E-state index is -3.31. The molecule has 1 amide bonds. The van der Waals surface area contributed by atoms with Crippen LogP contribution in [0.4, 0.5) is 11.4 Å². The monoisotopic (exact) mass is 363 g/mol. The van der Waals surface area contributed by atoms with Crippen molar-refractivity contribution in [2.75, 3.05) is 21.9 Å². The van der Waals surface area contributed by atoms with Crippen molar-refractivity contribution in [1.82, 2.24) is 0 Å². The third-order valence-corrected chi connectivity index (χ3v) is 5.52. The van der Waals surface area contributed by atoms with Crippen molar-refractivity contribution in [2.45, 2.75) is 26.3 Å². The van der Waals surface area contributed by atoms with E-state index in [1.807, 2.05) is 13.8 Å². The molecule has 1 aliphatic rings. The van der Waals surface area contributed by atoms with Crippen molar-refractivity contribution in [3.63, 3.8) is 0 Å². The number of nitrogens with zero attached hydrogens (tertiary/aromatic N) is 1. The van der Waals surface area contributed by atoms with E-state index < -0.39 is 22.0 Å². The molecule has 1 atom stereocenters. The molecule has 1 heterocycles. The van der Waals surface area contributed by atoms with Gasteiger partial charge in [0, 0.05) is 6.54 Å². The summed E-state index contributed by atoms with van der Waals surface area (Å²) in [5.74, 6) is -0.506. The lowest BCUT2D eigenvalue weighted by Gasteiger charge is -2.20. The third-order valence-electron chi connectivity index (χ3n) is 3.65. The molecule has 0 spiro atoms. The first-order valence-electron chi connectivity index (χ1n) is 7.12. The maximum Gasteiger partial charge on any atom is 0.241 e. The number of carbonyl (C=O) groups excluding carboxylic acids is 1. The standard InChI is InChI=1S/C14H21N3O4S.ClH/c1-9(2)13(15)14(19)16-11-8-10(4-5-12(11)18)17-6-3-7-22(17,20)21;/h4-5,8-9,13,18H,3,6-7,15H2,1-2H3,(H,16,19);1H/t13-;/m0./s1. The molecule has 2 rings (SSSR count). The van der Waals surface area contributed by atoms with Crippen LogP contribution in [0.5, 0.6) is 5.75 Å². The number of phenols is 1. The van der Waals surface area contributed by atoms with Crippen LogP contribution in [0.2, 0.25) is 0 Å². The molecule has 1 saturated heterocycles. The molecule has 0 radical (unpaired) electrons. The minimum Gasteiger partial charge on any atom is -0.506 e. The summed E-state index contributed by atoms with van der Waals surface area (Å²) in [6.45, 7) is 4.03. The van der Waals surface area contributed by atoms with Gasteiger partial charge in [-0.2, -0.15) is 0 Å². The lowest BCUT2D eigenvalue weighted by molar-refractivity contribution is -0.118. The largest absolute Gasteiger partial charge is 0.506 e. The van der Waals surface area contributed by atoms with Gasteiger partial charge in [0.15, 0.2) is 0 Å². The molecule has 130 valence electrons. The molecular formula is C14H22ClN3O4S. The molecular weight excluding hydrogens is 342 g/mol. The second-order valence-corrected chi connectivity index (χ2v) is 7.72. The number of benzene rings is 1. The van der Waals surface area contributed by atoms with Crippen LogP contribution in [-0.4, -0.2) is 37.8 Å². The van der Waals surface area contributed by atoms with Gasteiger partial charge >= 0.3 is 0 Å². The smallest absolute Gasteiger partial charge is 0.241 e. The van der Waals surface area contributed by atoms with Crippen LogP contribution in [0.3, 0.4) is 0 Å². The van der Waals surface area contributed by atoms with Crippen LogP contribution in [-0.2, 0) is 14.8 Å². The fourth-order valence-corrected chi connectivity index (χ4v) is 3.78. The van der Waals surface area contributed by atoms with Gasteiger partial charge in [-0.25, -0.2) is 8.42 Å². The van der Waals surface area contributed by atoms with Gasteiger partial charge in [0.1, 0.15) is 5.75 Å². The quantitative estimate of drug-likeness (QED) is 0.697. The maximum absolute atomic E-state index is 12.0. The third kappa shape index (κ3) is 4.27. The molecule has 0 aromatic heterocycles. The van der Waals surface area contributed by atoms with Gasteiger partial charge in [-0.15, -0.1) is 12.4 Å². The van der Waals surface area contributed by atoms with Gasteiger partial charge in [0.25, 0.3) is 0 Å². The fraction of sp³-hybridized carbons (Fsp3) is 0.500. The predicted octanol–water partition coefficient (Wildman–Crippen LogP) is 1.28. The number of hydrogen-bond donors (Lipinski definition) is 3. The molecule has 7 nitrogen and oxygen atoms in total. The summed E-state index contributed by atoms with van der Waals surface area (Å²) >= 11 is 0. The number of anilines is 2. The number of phenolic OH excluding ortho intramolecular Hbond substituents is 1. The molecule has 4 N–H and O–H groups in total. The minimum absolute atomic E-state index is 0. The van der Waals surface area contributed by atoms with E-state index in [9.17, 15) is 18.3 Å². The van der Waals surface area contributed by atoms with Crippen LogP contribution in [0.25, 0.3) is 0 Å². The van der Waals surface area contributed by atoms with Crippen LogP contribution in [0.1, 0.15) is 20.3 Å². The summed E-state index contributed by atoms with van der Waals surface area (Å²) in [5, 5.41) is 12.4. The van der Waals surface area contributed by atoms with E-state index in [1.165, 1.54) is 22.5 Å². The van der Waals surface area contributed by atoms with Crippen molar-refractivity contribution in [2.24, 2.45) is 11.7 Å². The van der Waals surface area contributed by atoms with Crippen LogP contribution >= 0.6 is 12.4 Å². The van der Waals surface area contributed by atoms with Crippen molar-refractivity contribution >= 4 is 39.7 Å². The number of nitrogens with one attached hydrogen (secondary N) is 1. The Balaban J connectivity index is 0.00000264. The van der Waals surface area contributed by atoms with E-state index in [-0.39, 0.29) is 35.5 Å². The van der Waals surface area contributed by atoms with E-state index in [1.54, 1.807) is 0 Å². The molecule has 1 fully saturated rings. The number of nitrogens with two attached hydrogens (primary N) is 1. The van der Waals surface area contributed by atoms with Gasteiger partial charge < -0.3 is 16.2 Å². The zero-order valence-electron chi connectivity index (χ0n) is 13.0. The van der Waals surface area contributed by atoms with Gasteiger partial charge in [-0.3, -0.25) is 9.10 Å². The fourth-order valence-electron chi connectivity index (χ4n) is 2.23. The summed E-state index contributed by atoms with van der Waals surface area (Å²) in [6, 6.07) is 3.61. The highest BCUT2D eigenvalue weighted by Crippen LogP contribution is 2.32. The van der Waals surface area contributed by atoms with Gasteiger partial charge in [0.2, 0.25) is 15.9 Å². The molecule has 9 heteroatoms. The van der Waals surface area contributed by atoms with Gasteiger partial charge in [-0.1, -0.05) is 13.8 Å². The van der Waals surface area contributed by atoms with Crippen LogP contribution < -0.4 is 15.4 Å². The zero-order valence-corrected chi connectivity index (χ0v) is 14.7. The topological polar surface area (TPSA) is 113 Å². The first-order chi connectivity index (χ1) is 10.2. The number of carbonyl (C=O) groups is 1. The highest BCUT2D eigenvalue weighted by molar-refractivity contribution is 7.93. The Morgan fingerprint density at radius 2 is 2.04 bits per heavy atom. The molecule has 0 unspecified atom stereocenters. The zero-order chi connectivity index (χ0) is 16.5. The summed E-state index contributed by atoms with van der Waals surface area (Å²) in [5.41, 5.74) is 6.33. The Morgan fingerprint density at radius 3 is 2.57 bits per heavy atom. The lowest BCUT2D eigenvalue weighted by atomic mass is 10.0. The first-order valence-corrected chi connectivity index (χ1v) is 8.73. The number of rotatable bonds is 4. The van der Waals surface area contributed by atoms with Crippen LogP contribution in [0, 0.1) is 5.92 Å². The summed E-state index contributed by atoms with van der Waals surface area (Å²) < 4.78 is 25.2. The highest BCUT2D eigenvalue weighted by Gasteiger charge is 2.29. The SMILES string of the molecule is CC(C)[C@H](N)C(=O)Nc1cc(N2CCCS2(=O)=O)ccc1O.Cl. The number of hydrogen-bond acceptors (Lipinski definition) is 5. The lowest BCUT2D eigenvalue weighted by Crippen LogP contribution is -2.39. The normalized spacial score (nSPS) is 17.7. The summed E-state index contributed by atoms with van der Waals surface area (Å²) in [6.07, 6.45) is 0.559. The molecule has 0 aliphatic carbocycles. The van der Waals surface area contributed by atoms with Gasteiger partial charge in [-0.05, 0) is 30.5 Å². The predicted molar refractivity (Wildman–Crippen MR) is 92.5 cm³/mol. The Kier molecular flexibility index (Phi) is 6.26. The first kappa shape index (κ1) is 19.5. The van der Waals surface area contributed by atoms with Crippen molar-refractivity contribution in [1.29, 1.82) is 0 Å². The average Bonchev–Trinajstić information content (AvgIpc) is 2.79. The Labute approximate surface area is 142 Å². The Bertz CT molecular complexity index is 679. The molecule has 1 aromatic carbocycles. The molecule has 1 aliphatic heterocycles. The summed E-state index contributed by atoms with van der Waals surface area (Å²) in [4.78, 5) is 12.0. The van der Waals surface area contributed by atoms with E-state index in [4.69, 9.17) is 5.73 Å². The Morgan fingerprint density at radius 1 is 1.39 bits per heavy atom. The number of sulfonamides is 1. The molecule has 1 aromatic rings. The molecule has 0 bridgehead atoms. The number of amides is 1. The Hall–Kier alpha value is -1.51. The molecule has 0 saturated carbocycles. The highest BCUT2D eigenvalue weighted by atomic mass is 35.5. The average molecular weight is 364 g/mol. The summed E-state index contributed by atoms with van der Waals surface area (Å²) in [7, 11) is -3.31. The number of halogens is 1.